The van der Waals surface area contributed by atoms with Gasteiger partial charge in [-0.25, -0.2) is 14.8 Å². The number of halogens is 1. The number of methoxy groups -OCH3 is 1. The van der Waals surface area contributed by atoms with E-state index in [2.05, 4.69) is 10.3 Å². The van der Waals surface area contributed by atoms with Crippen LogP contribution in [0.4, 0.5) is 5.69 Å². The molecule has 3 heterocycles. The van der Waals surface area contributed by atoms with Gasteiger partial charge >= 0.3 is 5.97 Å². The van der Waals surface area contributed by atoms with Crippen LogP contribution in [0.2, 0.25) is 5.15 Å². The normalized spacial score (nSPS) is 12.1. The lowest BCUT2D eigenvalue weighted by molar-refractivity contribution is 0.0595. The van der Waals surface area contributed by atoms with Gasteiger partial charge in [0.15, 0.2) is 17.3 Å². The van der Waals surface area contributed by atoms with E-state index in [1.165, 1.54) is 11.7 Å². The van der Waals surface area contributed by atoms with Crippen molar-refractivity contribution < 1.29 is 13.9 Å². The number of furan rings is 1. The number of nitrogens with zero attached hydrogens (tertiary/aromatic N) is 3. The Morgan fingerprint density at radius 2 is 1.92 bits per heavy atom. The largest absolute Gasteiger partial charge is 0.464 e. The molecule has 0 bridgehead atoms. The molecule has 3 aromatic heterocycles. The third kappa shape index (κ3) is 4.09. The molecule has 8 nitrogen and oxygen atoms in total. The predicted octanol–water partition coefficient (Wildman–Crippen LogP) is 5.66. The molecule has 0 radical (unpaired) electrons. The Kier molecular flexibility index (Phi) is 5.97. The van der Waals surface area contributed by atoms with Crippen LogP contribution in [0.3, 0.4) is 0 Å². The first kappa shape index (κ1) is 23.6. The minimum atomic E-state index is -0.611. The summed E-state index contributed by atoms with van der Waals surface area (Å²) in [6.45, 7) is 3.84. The van der Waals surface area contributed by atoms with E-state index >= 15 is 0 Å². The van der Waals surface area contributed by atoms with Crippen LogP contribution in [0.5, 0.6) is 0 Å². The van der Waals surface area contributed by atoms with E-state index in [1.807, 2.05) is 56.3 Å². The number of pyridine rings is 1. The average Bonchev–Trinajstić information content (AvgIpc) is 3.30. The summed E-state index contributed by atoms with van der Waals surface area (Å²) >= 11 is 6.00. The Morgan fingerprint density at radius 1 is 1.14 bits per heavy atom. The van der Waals surface area contributed by atoms with Crippen molar-refractivity contribution in [1.29, 1.82) is 0 Å². The Morgan fingerprint density at radius 3 is 2.67 bits per heavy atom. The second-order valence-corrected chi connectivity index (χ2v) is 8.97. The van der Waals surface area contributed by atoms with Crippen LogP contribution in [-0.2, 0) is 11.8 Å². The lowest BCUT2D eigenvalue weighted by Crippen LogP contribution is -2.22. The first-order valence-electron chi connectivity index (χ1n) is 11.3. The standard InChI is InChI=1S/C27H23ClN4O4/c1-14-11-17(15(2)29-19-9-10-22(28)30-24(19)27(34)35-4)23-18(12-14)26(33)32(3)25(31-23)21-13-16-7-5-6-8-20(16)36-21/h5-13,15,29H,1-4H3/t15-/m1/s1. The monoisotopic (exact) mass is 502 g/mol. The smallest absolute Gasteiger partial charge is 0.358 e. The van der Waals surface area contributed by atoms with Gasteiger partial charge in [0.25, 0.3) is 5.56 Å². The molecule has 36 heavy (non-hydrogen) atoms. The van der Waals surface area contributed by atoms with Crippen molar-refractivity contribution in [3.63, 3.8) is 0 Å². The van der Waals surface area contributed by atoms with Crippen LogP contribution in [0, 0.1) is 6.92 Å². The number of esters is 1. The summed E-state index contributed by atoms with van der Waals surface area (Å²) in [4.78, 5) is 34.7. The van der Waals surface area contributed by atoms with Gasteiger partial charge in [-0.2, -0.15) is 0 Å². The van der Waals surface area contributed by atoms with Crippen LogP contribution >= 0.6 is 11.6 Å². The van der Waals surface area contributed by atoms with Gasteiger partial charge in [-0.3, -0.25) is 9.36 Å². The lowest BCUT2D eigenvalue weighted by Gasteiger charge is -2.20. The fourth-order valence-electron chi connectivity index (χ4n) is 4.31. The number of carbonyl (C=O) groups excluding carboxylic acids is 1. The van der Waals surface area contributed by atoms with Crippen LogP contribution in [-0.4, -0.2) is 27.6 Å². The Labute approximate surface area is 211 Å². The Balaban J connectivity index is 1.66. The fraction of sp³-hybridized carbons (Fsp3) is 0.185. The summed E-state index contributed by atoms with van der Waals surface area (Å²) in [5, 5.41) is 4.90. The highest BCUT2D eigenvalue weighted by Crippen LogP contribution is 2.31. The number of fused-ring (bicyclic) bond motifs is 2. The number of aryl methyl sites for hydroxylation is 1. The van der Waals surface area contributed by atoms with Crippen LogP contribution < -0.4 is 10.9 Å². The first-order valence-corrected chi connectivity index (χ1v) is 11.7. The molecule has 0 unspecified atom stereocenters. The molecule has 182 valence electrons. The summed E-state index contributed by atoms with van der Waals surface area (Å²) in [7, 11) is 2.97. The van der Waals surface area contributed by atoms with E-state index in [0.717, 1.165) is 16.5 Å². The van der Waals surface area contributed by atoms with Crippen LogP contribution in [0.1, 0.15) is 34.6 Å². The first-order chi connectivity index (χ1) is 17.3. The van der Waals surface area contributed by atoms with Crippen molar-refractivity contribution >= 4 is 45.1 Å². The maximum absolute atomic E-state index is 13.4. The molecular weight excluding hydrogens is 480 g/mol. The van der Waals surface area contributed by atoms with Crippen LogP contribution in [0.25, 0.3) is 33.5 Å². The Hall–Kier alpha value is -4.17. The number of hydrogen-bond donors (Lipinski definition) is 1. The molecule has 5 rings (SSSR count). The molecule has 0 amide bonds. The number of para-hydroxylation sites is 1. The molecule has 0 saturated carbocycles. The van der Waals surface area contributed by atoms with E-state index in [0.29, 0.717) is 33.8 Å². The summed E-state index contributed by atoms with van der Waals surface area (Å²) in [6, 6.07) is 16.2. The molecule has 0 aliphatic rings. The lowest BCUT2D eigenvalue weighted by atomic mass is 10.0. The third-order valence-electron chi connectivity index (χ3n) is 6.08. The maximum Gasteiger partial charge on any atom is 0.358 e. The van der Waals surface area contributed by atoms with Crippen molar-refractivity contribution in [1.82, 2.24) is 14.5 Å². The van der Waals surface area contributed by atoms with Crippen LogP contribution in [0.15, 0.2) is 63.8 Å². The molecular formula is C27H23ClN4O4. The molecule has 9 heteroatoms. The highest BCUT2D eigenvalue weighted by atomic mass is 35.5. The topological polar surface area (TPSA) is 99.2 Å². The summed E-state index contributed by atoms with van der Waals surface area (Å²) in [5.41, 5.74) is 3.29. The maximum atomic E-state index is 13.4. The molecule has 2 aromatic carbocycles. The number of carbonyl (C=O) groups is 1. The van der Waals surface area contributed by atoms with Crippen molar-refractivity contribution in [3.8, 4) is 11.6 Å². The number of rotatable bonds is 5. The molecule has 0 spiro atoms. The molecule has 1 atom stereocenters. The molecule has 0 saturated heterocycles. The number of anilines is 1. The number of benzene rings is 2. The van der Waals surface area contributed by atoms with E-state index in [-0.39, 0.29) is 22.4 Å². The van der Waals surface area contributed by atoms with E-state index < -0.39 is 5.97 Å². The molecule has 1 N–H and O–H groups in total. The van der Waals surface area contributed by atoms with Gasteiger partial charge in [0.05, 0.1) is 29.7 Å². The van der Waals surface area contributed by atoms with Gasteiger partial charge in [0, 0.05) is 18.0 Å². The summed E-state index contributed by atoms with van der Waals surface area (Å²) in [6.07, 6.45) is 0. The van der Waals surface area contributed by atoms with Gasteiger partial charge in [0.1, 0.15) is 10.7 Å². The van der Waals surface area contributed by atoms with Gasteiger partial charge in [-0.05, 0) is 49.7 Å². The number of hydrogen-bond acceptors (Lipinski definition) is 7. The minimum Gasteiger partial charge on any atom is -0.464 e. The predicted molar refractivity (Wildman–Crippen MR) is 140 cm³/mol. The molecule has 0 aliphatic heterocycles. The van der Waals surface area contributed by atoms with Gasteiger partial charge in [0.2, 0.25) is 0 Å². The summed E-state index contributed by atoms with van der Waals surface area (Å²) in [5.74, 6) is 0.310. The highest BCUT2D eigenvalue weighted by Gasteiger charge is 2.21. The molecule has 0 fully saturated rings. The SMILES string of the molecule is COC(=O)c1nc(Cl)ccc1N[C@H](C)c1cc(C)cc2c(=O)n(C)c(-c3cc4ccccc4o3)nc12. The minimum absolute atomic E-state index is 0.0700. The van der Waals surface area contributed by atoms with Crippen molar-refractivity contribution in [2.75, 3.05) is 12.4 Å². The van der Waals surface area contributed by atoms with Crippen molar-refractivity contribution in [2.45, 2.75) is 19.9 Å². The quantitative estimate of drug-likeness (QED) is 0.244. The van der Waals surface area contributed by atoms with E-state index in [9.17, 15) is 9.59 Å². The van der Waals surface area contributed by atoms with E-state index in [4.69, 9.17) is 25.7 Å². The Bertz CT molecular complexity index is 1670. The zero-order valence-electron chi connectivity index (χ0n) is 20.1. The molecule has 5 aromatic rings. The second-order valence-electron chi connectivity index (χ2n) is 8.59. The van der Waals surface area contributed by atoms with Gasteiger partial charge < -0.3 is 14.5 Å². The number of nitrogens with one attached hydrogen (secondary N) is 1. The summed E-state index contributed by atoms with van der Waals surface area (Å²) < 4.78 is 12.4. The highest BCUT2D eigenvalue weighted by molar-refractivity contribution is 6.29. The average molecular weight is 503 g/mol. The molecule has 0 aliphatic carbocycles. The van der Waals surface area contributed by atoms with Gasteiger partial charge in [-0.1, -0.05) is 35.9 Å². The number of ether oxygens (including phenoxy) is 1. The van der Waals surface area contributed by atoms with Gasteiger partial charge in [-0.15, -0.1) is 0 Å². The number of aromatic nitrogens is 3. The zero-order chi connectivity index (χ0) is 25.6. The fourth-order valence-corrected chi connectivity index (χ4v) is 4.46. The van der Waals surface area contributed by atoms with E-state index in [1.54, 1.807) is 19.2 Å². The zero-order valence-corrected chi connectivity index (χ0v) is 20.9. The van der Waals surface area contributed by atoms with Crippen molar-refractivity contribution in [2.24, 2.45) is 7.05 Å². The second kappa shape index (κ2) is 9.13. The van der Waals surface area contributed by atoms with Crippen molar-refractivity contribution in [3.05, 3.63) is 86.9 Å². The third-order valence-corrected chi connectivity index (χ3v) is 6.29.